The van der Waals surface area contributed by atoms with Crippen molar-refractivity contribution in [2.75, 3.05) is 26.7 Å². The van der Waals surface area contributed by atoms with E-state index in [-0.39, 0.29) is 5.91 Å². The van der Waals surface area contributed by atoms with E-state index < -0.39 is 0 Å². The van der Waals surface area contributed by atoms with E-state index in [1.54, 1.807) is 18.4 Å². The second kappa shape index (κ2) is 8.71. The van der Waals surface area contributed by atoms with E-state index in [1.807, 2.05) is 30.3 Å². The molecular weight excluding hydrogens is 370 g/mol. The molecule has 0 bridgehead atoms. The highest BCUT2D eigenvalue weighted by atomic mass is 32.1. The maximum atomic E-state index is 12.4. The van der Waals surface area contributed by atoms with E-state index in [0.717, 1.165) is 42.8 Å². The Kier molecular flexibility index (Phi) is 5.88. The number of thiazole rings is 1. The standard InChI is InChI=1S/C22H25N3O2S/c1-27-18-8-4-6-16(12-18)13-23-21(26)15-25-11-5-7-17(14-25)22-24-19-9-2-3-10-20(19)28-22/h2-4,6,8-10,12,17H,5,7,11,13-15H2,1H3,(H,23,26)/p+1/t17-/m0/s1. The number of benzene rings is 2. The van der Waals surface area contributed by atoms with Crippen molar-refractivity contribution >= 4 is 27.5 Å². The number of quaternary nitrogens is 1. The molecule has 0 radical (unpaired) electrons. The normalized spacial score (nSPS) is 19.5. The summed E-state index contributed by atoms with van der Waals surface area (Å²) >= 11 is 1.80. The van der Waals surface area contributed by atoms with Crippen LogP contribution in [0, 0.1) is 0 Å². The summed E-state index contributed by atoms with van der Waals surface area (Å²) in [5.41, 5.74) is 2.14. The Morgan fingerprint density at radius 2 is 2.18 bits per heavy atom. The monoisotopic (exact) mass is 396 g/mol. The van der Waals surface area contributed by atoms with Gasteiger partial charge in [-0.25, -0.2) is 4.98 Å². The maximum Gasteiger partial charge on any atom is 0.275 e. The maximum absolute atomic E-state index is 12.4. The van der Waals surface area contributed by atoms with E-state index in [0.29, 0.717) is 19.0 Å². The molecule has 6 heteroatoms. The second-order valence-corrected chi connectivity index (χ2v) is 8.43. The van der Waals surface area contributed by atoms with Crippen LogP contribution in [0.2, 0.25) is 0 Å². The first-order chi connectivity index (χ1) is 13.7. The Bertz CT molecular complexity index is 923. The van der Waals surface area contributed by atoms with Gasteiger partial charge in [-0.2, -0.15) is 0 Å². The van der Waals surface area contributed by atoms with Crippen LogP contribution >= 0.6 is 11.3 Å². The molecule has 0 spiro atoms. The molecule has 0 aliphatic carbocycles. The fraction of sp³-hybridized carbons (Fsp3) is 0.364. The molecule has 146 valence electrons. The summed E-state index contributed by atoms with van der Waals surface area (Å²) in [5, 5.41) is 4.26. The number of rotatable bonds is 6. The fourth-order valence-electron chi connectivity index (χ4n) is 3.86. The number of ether oxygens (including phenoxy) is 1. The molecule has 0 saturated carbocycles. The zero-order valence-corrected chi connectivity index (χ0v) is 16.9. The molecule has 1 aliphatic heterocycles. The van der Waals surface area contributed by atoms with Crippen molar-refractivity contribution in [3.05, 3.63) is 59.1 Å². The molecule has 1 amide bonds. The van der Waals surface area contributed by atoms with Crippen molar-refractivity contribution in [1.29, 1.82) is 0 Å². The van der Waals surface area contributed by atoms with Crippen molar-refractivity contribution in [3.8, 4) is 5.75 Å². The zero-order chi connectivity index (χ0) is 19.3. The Hall–Kier alpha value is -2.44. The lowest BCUT2D eigenvalue weighted by atomic mass is 9.99. The van der Waals surface area contributed by atoms with Gasteiger partial charge in [-0.3, -0.25) is 4.79 Å². The van der Waals surface area contributed by atoms with Crippen LogP contribution in [-0.2, 0) is 11.3 Å². The Labute approximate surface area is 169 Å². The molecule has 4 rings (SSSR count). The van der Waals surface area contributed by atoms with E-state index in [1.165, 1.54) is 14.6 Å². The molecule has 2 atom stereocenters. The molecule has 2 N–H and O–H groups in total. The van der Waals surface area contributed by atoms with Crippen molar-refractivity contribution in [1.82, 2.24) is 10.3 Å². The van der Waals surface area contributed by atoms with E-state index in [4.69, 9.17) is 9.72 Å². The quantitative estimate of drug-likeness (QED) is 0.673. The lowest BCUT2D eigenvalue weighted by Gasteiger charge is -2.28. The van der Waals surface area contributed by atoms with Crippen LogP contribution < -0.4 is 15.0 Å². The lowest BCUT2D eigenvalue weighted by molar-refractivity contribution is -0.898. The third kappa shape index (κ3) is 4.51. The number of piperidine rings is 1. The SMILES string of the molecule is COc1cccc(CNC(=O)C[NH+]2CCC[C@H](c3nc4ccccc4s3)C2)c1. The third-order valence-corrected chi connectivity index (χ3v) is 6.51. The highest BCUT2D eigenvalue weighted by Gasteiger charge is 2.28. The van der Waals surface area contributed by atoms with Gasteiger partial charge in [0.2, 0.25) is 0 Å². The average molecular weight is 397 g/mol. The topological polar surface area (TPSA) is 55.7 Å². The van der Waals surface area contributed by atoms with Crippen LogP contribution in [-0.4, -0.2) is 37.6 Å². The Morgan fingerprint density at radius 3 is 3.04 bits per heavy atom. The summed E-state index contributed by atoms with van der Waals surface area (Å²) in [6, 6.07) is 16.1. The fourth-order valence-corrected chi connectivity index (χ4v) is 4.96. The van der Waals surface area contributed by atoms with Gasteiger partial charge in [-0.05, 0) is 42.7 Å². The molecule has 1 fully saturated rings. The van der Waals surface area contributed by atoms with Gasteiger partial charge < -0.3 is 15.0 Å². The number of nitrogens with one attached hydrogen (secondary N) is 2. The largest absolute Gasteiger partial charge is 0.497 e. The van der Waals surface area contributed by atoms with Crippen molar-refractivity contribution in [2.45, 2.75) is 25.3 Å². The zero-order valence-electron chi connectivity index (χ0n) is 16.1. The number of fused-ring (bicyclic) bond motifs is 1. The molecule has 2 aromatic carbocycles. The van der Waals surface area contributed by atoms with Gasteiger partial charge in [0.05, 0.1) is 36.3 Å². The first-order valence-corrected chi connectivity index (χ1v) is 10.6. The van der Waals surface area contributed by atoms with Crippen LogP contribution in [0.3, 0.4) is 0 Å². The molecular formula is C22H26N3O2S+. The van der Waals surface area contributed by atoms with Gasteiger partial charge >= 0.3 is 0 Å². The van der Waals surface area contributed by atoms with E-state index in [9.17, 15) is 4.79 Å². The van der Waals surface area contributed by atoms with Crippen LogP contribution in [0.25, 0.3) is 10.2 Å². The van der Waals surface area contributed by atoms with Gasteiger partial charge in [0.1, 0.15) is 10.8 Å². The first-order valence-electron chi connectivity index (χ1n) is 9.80. The minimum Gasteiger partial charge on any atom is -0.497 e. The number of carbonyl (C=O) groups is 1. The summed E-state index contributed by atoms with van der Waals surface area (Å²) in [5.74, 6) is 1.36. The van der Waals surface area contributed by atoms with Crippen molar-refractivity contribution in [3.63, 3.8) is 0 Å². The Morgan fingerprint density at radius 1 is 1.29 bits per heavy atom. The number of amides is 1. The van der Waals surface area contributed by atoms with Crippen LogP contribution in [0.15, 0.2) is 48.5 Å². The third-order valence-electron chi connectivity index (χ3n) is 5.31. The summed E-state index contributed by atoms with van der Waals surface area (Å²) < 4.78 is 6.49. The highest BCUT2D eigenvalue weighted by Crippen LogP contribution is 2.30. The van der Waals surface area contributed by atoms with Gasteiger partial charge in [0, 0.05) is 6.54 Å². The number of methoxy groups -OCH3 is 1. The molecule has 1 aliphatic rings. The summed E-state index contributed by atoms with van der Waals surface area (Å²) in [4.78, 5) is 18.6. The molecule has 5 nitrogen and oxygen atoms in total. The van der Waals surface area contributed by atoms with Gasteiger partial charge in [-0.15, -0.1) is 11.3 Å². The minimum atomic E-state index is 0.0998. The molecule has 1 unspecified atom stereocenters. The average Bonchev–Trinajstić information content (AvgIpc) is 3.17. The number of hydrogen-bond donors (Lipinski definition) is 2. The number of hydrogen-bond acceptors (Lipinski definition) is 4. The van der Waals surface area contributed by atoms with Gasteiger partial charge in [0.15, 0.2) is 6.54 Å². The van der Waals surface area contributed by atoms with E-state index in [2.05, 4.69) is 23.5 Å². The van der Waals surface area contributed by atoms with E-state index >= 15 is 0 Å². The Balaban J connectivity index is 1.32. The molecule has 2 heterocycles. The number of aromatic nitrogens is 1. The van der Waals surface area contributed by atoms with Gasteiger partial charge in [-0.1, -0.05) is 24.3 Å². The van der Waals surface area contributed by atoms with Crippen molar-refractivity contribution in [2.24, 2.45) is 0 Å². The summed E-state index contributed by atoms with van der Waals surface area (Å²) in [6.07, 6.45) is 2.30. The predicted octanol–water partition coefficient (Wildman–Crippen LogP) is 2.38. The number of nitrogens with zero attached hydrogens (tertiary/aromatic N) is 1. The molecule has 28 heavy (non-hydrogen) atoms. The summed E-state index contributed by atoms with van der Waals surface area (Å²) in [6.45, 7) is 3.08. The first kappa shape index (κ1) is 18.9. The number of carbonyl (C=O) groups excluding carboxylic acids is 1. The summed E-state index contributed by atoms with van der Waals surface area (Å²) in [7, 11) is 1.65. The predicted molar refractivity (Wildman–Crippen MR) is 112 cm³/mol. The molecule has 1 aromatic heterocycles. The minimum absolute atomic E-state index is 0.0998. The molecule has 3 aromatic rings. The van der Waals surface area contributed by atoms with Gasteiger partial charge in [0.25, 0.3) is 5.91 Å². The van der Waals surface area contributed by atoms with Crippen LogP contribution in [0.5, 0.6) is 5.75 Å². The number of likely N-dealkylation sites (tertiary alicyclic amines) is 1. The molecule has 1 saturated heterocycles. The lowest BCUT2D eigenvalue weighted by Crippen LogP contribution is -3.14. The van der Waals surface area contributed by atoms with Crippen molar-refractivity contribution < 1.29 is 14.4 Å². The second-order valence-electron chi connectivity index (χ2n) is 7.37. The van der Waals surface area contributed by atoms with Crippen LogP contribution in [0.4, 0.5) is 0 Å². The van der Waals surface area contributed by atoms with Crippen LogP contribution in [0.1, 0.15) is 29.3 Å². The smallest absolute Gasteiger partial charge is 0.275 e. The highest BCUT2D eigenvalue weighted by molar-refractivity contribution is 7.18. The number of para-hydroxylation sites is 1.